The quantitative estimate of drug-likeness (QED) is 0.615. The number of hydrogen-bond donors (Lipinski definition) is 3. The number of pyridine rings is 1. The maximum Gasteiger partial charge on any atom is 0.246 e. The molecule has 2 fully saturated rings. The molecule has 0 radical (unpaired) electrons. The van der Waals surface area contributed by atoms with Gasteiger partial charge in [0.15, 0.2) is 0 Å². The highest BCUT2D eigenvalue weighted by Gasteiger charge is 2.53. The van der Waals surface area contributed by atoms with E-state index in [-0.39, 0.29) is 53.5 Å². The normalized spacial score (nSPS) is 33.8. The molecule has 2 saturated carbocycles. The zero-order chi connectivity index (χ0) is 22.6. The molecule has 0 unspecified atom stereocenters. The van der Waals surface area contributed by atoms with Crippen molar-refractivity contribution in [1.29, 1.82) is 0 Å². The van der Waals surface area contributed by atoms with E-state index in [0.29, 0.717) is 6.54 Å². The number of amides is 2. The Kier molecular flexibility index (Phi) is 7.70. The van der Waals surface area contributed by atoms with Gasteiger partial charge in [-0.3, -0.25) is 14.6 Å². The topological polar surface area (TPSA) is 101 Å². The molecule has 7 atom stereocenters. The van der Waals surface area contributed by atoms with Crippen molar-refractivity contribution in [3.8, 4) is 0 Å². The van der Waals surface area contributed by atoms with Crippen LogP contribution in [-0.4, -0.2) is 47.8 Å². The molecule has 0 spiro atoms. The monoisotopic (exact) mass is 431 g/mol. The van der Waals surface area contributed by atoms with Gasteiger partial charge in [-0.25, -0.2) is 0 Å². The van der Waals surface area contributed by atoms with E-state index in [2.05, 4.69) is 29.5 Å². The first-order valence-electron chi connectivity index (χ1n) is 11.4. The Bertz CT molecular complexity index is 758. The minimum absolute atomic E-state index is 0.0174. The van der Waals surface area contributed by atoms with Crippen LogP contribution in [0, 0.1) is 29.1 Å². The van der Waals surface area contributed by atoms with Crippen molar-refractivity contribution in [1.82, 2.24) is 15.6 Å². The summed E-state index contributed by atoms with van der Waals surface area (Å²) in [7, 11) is 1.51. The van der Waals surface area contributed by atoms with Crippen LogP contribution in [0.1, 0.15) is 52.0 Å². The summed E-state index contributed by atoms with van der Waals surface area (Å²) in [5.41, 5.74) is 0.986. The zero-order valence-electron chi connectivity index (χ0n) is 19.1. The lowest BCUT2D eigenvalue weighted by Gasteiger charge is -2.56. The van der Waals surface area contributed by atoms with Crippen LogP contribution in [0.2, 0.25) is 0 Å². The molecule has 1 aromatic rings. The van der Waals surface area contributed by atoms with Crippen molar-refractivity contribution in [3.63, 3.8) is 0 Å². The van der Waals surface area contributed by atoms with E-state index in [1.165, 1.54) is 7.11 Å². The molecule has 2 aliphatic carbocycles. The predicted molar refractivity (Wildman–Crippen MR) is 118 cm³/mol. The van der Waals surface area contributed by atoms with E-state index in [0.717, 1.165) is 31.2 Å². The van der Waals surface area contributed by atoms with Gasteiger partial charge in [-0.2, -0.15) is 0 Å². The predicted octanol–water partition coefficient (Wildman–Crippen LogP) is 2.29. The second kappa shape index (κ2) is 10.1. The number of carbonyl (C=O) groups is 2. The summed E-state index contributed by atoms with van der Waals surface area (Å²) in [6, 6.07) is 3.80. The van der Waals surface area contributed by atoms with Gasteiger partial charge in [0.05, 0.1) is 6.10 Å². The highest BCUT2D eigenvalue weighted by molar-refractivity contribution is 5.78. The third kappa shape index (κ3) is 5.26. The summed E-state index contributed by atoms with van der Waals surface area (Å²) in [6.45, 7) is 6.78. The molecule has 1 aromatic heterocycles. The molecular weight excluding hydrogens is 394 g/mol. The highest BCUT2D eigenvalue weighted by Crippen LogP contribution is 2.55. The minimum atomic E-state index is -0.574. The van der Waals surface area contributed by atoms with Crippen LogP contribution >= 0.6 is 0 Å². The van der Waals surface area contributed by atoms with Crippen LogP contribution < -0.4 is 10.6 Å². The second-order valence-electron chi connectivity index (χ2n) is 9.75. The molecule has 2 aliphatic rings. The fourth-order valence-corrected chi connectivity index (χ4v) is 5.92. The number of hydrogen-bond acceptors (Lipinski definition) is 5. The first-order valence-corrected chi connectivity index (χ1v) is 11.4. The van der Waals surface area contributed by atoms with Crippen molar-refractivity contribution in [2.75, 3.05) is 13.7 Å². The summed E-state index contributed by atoms with van der Waals surface area (Å²) in [5.74, 6) is -0.364. The van der Waals surface area contributed by atoms with Crippen LogP contribution in [0.4, 0.5) is 0 Å². The van der Waals surface area contributed by atoms with Crippen molar-refractivity contribution < 1.29 is 19.4 Å². The largest absolute Gasteiger partial charge is 0.392 e. The van der Waals surface area contributed by atoms with Crippen molar-refractivity contribution in [2.24, 2.45) is 29.1 Å². The first kappa shape index (κ1) is 23.7. The number of aromatic nitrogens is 1. The molecule has 0 saturated heterocycles. The van der Waals surface area contributed by atoms with Crippen LogP contribution in [0.5, 0.6) is 0 Å². The lowest BCUT2D eigenvalue weighted by atomic mass is 9.51. The molecule has 7 nitrogen and oxygen atoms in total. The van der Waals surface area contributed by atoms with Gasteiger partial charge in [-0.1, -0.05) is 26.8 Å². The summed E-state index contributed by atoms with van der Waals surface area (Å²) in [4.78, 5) is 29.0. The first-order chi connectivity index (χ1) is 14.8. The number of aliphatic hydroxyl groups is 1. The molecule has 0 bridgehead atoms. The average molecular weight is 432 g/mol. The van der Waals surface area contributed by atoms with E-state index < -0.39 is 6.10 Å². The van der Waals surface area contributed by atoms with E-state index >= 15 is 0 Å². The third-order valence-corrected chi connectivity index (χ3v) is 7.75. The Morgan fingerprint density at radius 2 is 2.10 bits per heavy atom. The lowest BCUT2D eigenvalue weighted by molar-refractivity contribution is -0.144. The van der Waals surface area contributed by atoms with Gasteiger partial charge in [0, 0.05) is 38.0 Å². The van der Waals surface area contributed by atoms with Crippen molar-refractivity contribution >= 4 is 11.8 Å². The lowest BCUT2D eigenvalue weighted by Crippen LogP contribution is -2.58. The van der Waals surface area contributed by atoms with Crippen LogP contribution in [0.15, 0.2) is 24.5 Å². The molecule has 3 rings (SSSR count). The molecule has 1 heterocycles. The third-order valence-electron chi connectivity index (χ3n) is 7.75. The van der Waals surface area contributed by atoms with E-state index in [1.54, 1.807) is 12.4 Å². The maximum absolute atomic E-state index is 12.9. The number of aliphatic hydroxyl groups excluding tert-OH is 1. The summed E-state index contributed by atoms with van der Waals surface area (Å²) in [6.07, 6.45) is 6.57. The second-order valence-corrected chi connectivity index (χ2v) is 9.75. The number of fused-ring (bicyclic) bond motifs is 1. The van der Waals surface area contributed by atoms with Crippen LogP contribution in [0.3, 0.4) is 0 Å². The number of methoxy groups -OCH3 is 1. The minimum Gasteiger partial charge on any atom is -0.392 e. The summed E-state index contributed by atoms with van der Waals surface area (Å²) in [5, 5.41) is 17.5. The van der Waals surface area contributed by atoms with Crippen molar-refractivity contribution in [2.45, 2.75) is 65.1 Å². The zero-order valence-corrected chi connectivity index (χ0v) is 19.1. The molecule has 172 valence electrons. The van der Waals surface area contributed by atoms with Gasteiger partial charge in [0.25, 0.3) is 0 Å². The average Bonchev–Trinajstić information content (AvgIpc) is 2.75. The number of ether oxygens (including phenoxy) is 1. The molecule has 0 aromatic carbocycles. The molecule has 3 N–H and O–H groups in total. The van der Waals surface area contributed by atoms with Crippen molar-refractivity contribution in [3.05, 3.63) is 30.1 Å². The summed E-state index contributed by atoms with van der Waals surface area (Å²) < 4.78 is 4.95. The smallest absolute Gasteiger partial charge is 0.246 e. The fourth-order valence-electron chi connectivity index (χ4n) is 5.92. The molecule has 2 amide bonds. The van der Waals surface area contributed by atoms with E-state index in [1.807, 2.05) is 19.1 Å². The summed E-state index contributed by atoms with van der Waals surface area (Å²) >= 11 is 0. The molecule has 7 heteroatoms. The molecule has 31 heavy (non-hydrogen) atoms. The van der Waals surface area contributed by atoms with Gasteiger partial charge in [0.2, 0.25) is 11.8 Å². The Balaban J connectivity index is 1.66. The Labute approximate surface area is 185 Å². The fraction of sp³-hybridized carbons (Fsp3) is 0.708. The van der Waals surface area contributed by atoms with Gasteiger partial charge in [-0.15, -0.1) is 0 Å². The highest BCUT2D eigenvalue weighted by atomic mass is 16.5. The van der Waals surface area contributed by atoms with E-state index in [9.17, 15) is 14.7 Å². The Morgan fingerprint density at radius 3 is 2.77 bits per heavy atom. The van der Waals surface area contributed by atoms with Gasteiger partial charge >= 0.3 is 0 Å². The Hall–Kier alpha value is -1.99. The van der Waals surface area contributed by atoms with E-state index in [4.69, 9.17) is 4.74 Å². The van der Waals surface area contributed by atoms with Gasteiger partial charge in [0.1, 0.15) is 6.61 Å². The number of nitrogens with zero attached hydrogens (tertiary/aromatic N) is 1. The molecular formula is C24H37N3O4. The van der Waals surface area contributed by atoms with Crippen LogP contribution in [-0.2, 0) is 20.9 Å². The molecule has 0 aliphatic heterocycles. The van der Waals surface area contributed by atoms with Crippen LogP contribution in [0.25, 0.3) is 0 Å². The number of carbonyl (C=O) groups excluding carboxylic acids is 2. The maximum atomic E-state index is 12.9. The standard InChI is InChI=1S/C24H37N3O4/c1-15(23(30)26-13-17-6-5-11-25-12-17)18-7-9-24(3)10-8-19(27-20(28)14-31-4)16(2)21(24)22(18)29/h5-6,11-12,15-16,18-19,21-22,29H,7-10,13-14H2,1-4H3,(H,26,30)(H,27,28)/t15-,16-,18-,19-,21+,22-,24+/m0/s1. The Morgan fingerprint density at radius 1 is 1.35 bits per heavy atom. The SMILES string of the molecule is COCC(=O)N[C@H]1CC[C@@]2(C)CC[C@@H]([C@H](C)C(=O)NCc3cccnc3)[C@H](O)[C@H]2[C@H]1C. The van der Waals surface area contributed by atoms with Gasteiger partial charge in [-0.05, 0) is 60.5 Å². The number of rotatable bonds is 7. The number of nitrogens with one attached hydrogen (secondary N) is 2. The van der Waals surface area contributed by atoms with Gasteiger partial charge < -0.3 is 20.5 Å².